The van der Waals surface area contributed by atoms with Crippen LogP contribution in [0.1, 0.15) is 51.9 Å². The summed E-state index contributed by atoms with van der Waals surface area (Å²) in [6, 6.07) is 12.9. The molecule has 0 saturated carbocycles. The lowest BCUT2D eigenvalue weighted by Crippen LogP contribution is -2.46. The highest BCUT2D eigenvalue weighted by molar-refractivity contribution is 5.99. The van der Waals surface area contributed by atoms with Crippen LogP contribution in [-0.4, -0.2) is 29.9 Å². The minimum Gasteiger partial charge on any atom is -0.489 e. The van der Waals surface area contributed by atoms with Gasteiger partial charge in [0, 0.05) is 23.7 Å². The van der Waals surface area contributed by atoms with E-state index in [1.54, 1.807) is 0 Å². The number of fused-ring (bicyclic) bond motifs is 2. The fourth-order valence-corrected chi connectivity index (χ4v) is 4.73. The fraction of sp³-hybridized carbons (Fsp3) is 0.435. The third kappa shape index (κ3) is 3.12. The SMILES string of the molecule is O=C1c2cccc(OCc3ccc4c(c3)CCC4)c2CN1C1CCCNC1. The molecular formula is C23H26N2O2. The van der Waals surface area contributed by atoms with Gasteiger partial charge in [0.05, 0.1) is 6.54 Å². The number of amides is 1. The van der Waals surface area contributed by atoms with Crippen molar-refractivity contribution < 1.29 is 9.53 Å². The van der Waals surface area contributed by atoms with Crippen molar-refractivity contribution in [2.24, 2.45) is 0 Å². The van der Waals surface area contributed by atoms with Gasteiger partial charge in [0.1, 0.15) is 12.4 Å². The molecule has 2 heterocycles. The van der Waals surface area contributed by atoms with Crippen molar-refractivity contribution >= 4 is 5.91 Å². The van der Waals surface area contributed by atoms with Crippen LogP contribution in [0.3, 0.4) is 0 Å². The molecule has 1 unspecified atom stereocenters. The number of piperidine rings is 1. The second-order valence-corrected chi connectivity index (χ2v) is 7.96. The first kappa shape index (κ1) is 16.8. The molecule has 1 fully saturated rings. The number of hydrogen-bond donors (Lipinski definition) is 1. The highest BCUT2D eigenvalue weighted by Crippen LogP contribution is 2.34. The maximum Gasteiger partial charge on any atom is 0.254 e. The third-order valence-corrected chi connectivity index (χ3v) is 6.22. The van der Waals surface area contributed by atoms with Gasteiger partial charge in [-0.15, -0.1) is 0 Å². The van der Waals surface area contributed by atoms with Crippen LogP contribution in [0.25, 0.3) is 0 Å². The van der Waals surface area contributed by atoms with E-state index in [4.69, 9.17) is 4.74 Å². The molecule has 4 heteroatoms. The number of carbonyl (C=O) groups excluding carboxylic acids is 1. The minimum atomic E-state index is 0.154. The van der Waals surface area contributed by atoms with E-state index in [0.717, 1.165) is 42.8 Å². The molecule has 3 aliphatic rings. The van der Waals surface area contributed by atoms with E-state index in [0.29, 0.717) is 19.2 Å². The molecule has 27 heavy (non-hydrogen) atoms. The smallest absolute Gasteiger partial charge is 0.254 e. The molecule has 1 aliphatic carbocycles. The third-order valence-electron chi connectivity index (χ3n) is 6.22. The molecule has 5 rings (SSSR count). The summed E-state index contributed by atoms with van der Waals surface area (Å²) in [5.41, 5.74) is 6.04. The number of nitrogens with zero attached hydrogens (tertiary/aromatic N) is 1. The summed E-state index contributed by atoms with van der Waals surface area (Å²) >= 11 is 0. The Morgan fingerprint density at radius 3 is 2.93 bits per heavy atom. The van der Waals surface area contributed by atoms with Crippen molar-refractivity contribution in [1.29, 1.82) is 0 Å². The number of rotatable bonds is 4. The maximum absolute atomic E-state index is 12.9. The number of ether oxygens (including phenoxy) is 1. The first-order valence-electron chi connectivity index (χ1n) is 10.2. The average Bonchev–Trinajstić information content (AvgIpc) is 3.31. The summed E-state index contributed by atoms with van der Waals surface area (Å²) in [6.07, 6.45) is 5.86. The highest BCUT2D eigenvalue weighted by Gasteiger charge is 2.35. The van der Waals surface area contributed by atoms with Gasteiger partial charge in [-0.05, 0) is 67.5 Å². The van der Waals surface area contributed by atoms with E-state index in [9.17, 15) is 4.79 Å². The van der Waals surface area contributed by atoms with E-state index in [1.165, 1.54) is 36.0 Å². The summed E-state index contributed by atoms with van der Waals surface area (Å²) in [7, 11) is 0. The van der Waals surface area contributed by atoms with Crippen LogP contribution < -0.4 is 10.1 Å². The first-order chi connectivity index (χ1) is 13.3. The van der Waals surface area contributed by atoms with Gasteiger partial charge in [-0.1, -0.05) is 24.3 Å². The van der Waals surface area contributed by atoms with Gasteiger partial charge in [0.15, 0.2) is 0 Å². The molecule has 2 aromatic rings. The van der Waals surface area contributed by atoms with Crippen LogP contribution in [0.5, 0.6) is 5.75 Å². The Balaban J connectivity index is 1.33. The maximum atomic E-state index is 12.9. The zero-order chi connectivity index (χ0) is 18.2. The quantitative estimate of drug-likeness (QED) is 0.906. The summed E-state index contributed by atoms with van der Waals surface area (Å²) in [5.74, 6) is 1.01. The molecule has 1 amide bonds. The van der Waals surface area contributed by atoms with E-state index in [1.807, 2.05) is 23.1 Å². The van der Waals surface area contributed by atoms with Crippen molar-refractivity contribution in [2.75, 3.05) is 13.1 Å². The number of carbonyl (C=O) groups is 1. The van der Waals surface area contributed by atoms with Crippen molar-refractivity contribution in [2.45, 2.75) is 51.3 Å². The number of hydrogen-bond acceptors (Lipinski definition) is 3. The molecular weight excluding hydrogens is 336 g/mol. The van der Waals surface area contributed by atoms with Crippen molar-refractivity contribution in [3.8, 4) is 5.75 Å². The lowest BCUT2D eigenvalue weighted by atomic mass is 10.1. The van der Waals surface area contributed by atoms with Gasteiger partial charge in [-0.2, -0.15) is 0 Å². The largest absolute Gasteiger partial charge is 0.489 e. The molecule has 4 nitrogen and oxygen atoms in total. The van der Waals surface area contributed by atoms with Crippen molar-refractivity contribution in [3.63, 3.8) is 0 Å². The molecule has 0 aromatic heterocycles. The van der Waals surface area contributed by atoms with Gasteiger partial charge in [0.25, 0.3) is 5.91 Å². The number of aryl methyl sites for hydroxylation is 2. The molecule has 2 aliphatic heterocycles. The van der Waals surface area contributed by atoms with E-state index < -0.39 is 0 Å². The second-order valence-electron chi connectivity index (χ2n) is 7.96. The van der Waals surface area contributed by atoms with Gasteiger partial charge < -0.3 is 15.0 Å². The lowest BCUT2D eigenvalue weighted by Gasteiger charge is -2.31. The monoisotopic (exact) mass is 362 g/mol. The fourth-order valence-electron chi connectivity index (χ4n) is 4.73. The number of benzene rings is 2. The van der Waals surface area contributed by atoms with Gasteiger partial charge in [-0.25, -0.2) is 0 Å². The number of nitrogens with one attached hydrogen (secondary N) is 1. The van der Waals surface area contributed by atoms with Crippen molar-refractivity contribution in [1.82, 2.24) is 10.2 Å². The Morgan fingerprint density at radius 2 is 2.04 bits per heavy atom. The first-order valence-corrected chi connectivity index (χ1v) is 10.2. The molecule has 0 bridgehead atoms. The van der Waals surface area contributed by atoms with Crippen LogP contribution in [-0.2, 0) is 26.0 Å². The Labute approximate surface area is 160 Å². The molecule has 0 spiro atoms. The molecule has 140 valence electrons. The zero-order valence-corrected chi connectivity index (χ0v) is 15.7. The van der Waals surface area contributed by atoms with Gasteiger partial charge in [-0.3, -0.25) is 4.79 Å². The van der Waals surface area contributed by atoms with Crippen LogP contribution >= 0.6 is 0 Å². The standard InChI is InChI=1S/C23H26N2O2/c26-23-20-7-2-8-22(21(20)14-25(23)19-6-3-11-24-13-19)27-15-16-9-10-17-4-1-5-18(17)12-16/h2,7-10,12,19,24H,1,3-6,11,13-15H2. The highest BCUT2D eigenvalue weighted by atomic mass is 16.5. The Hall–Kier alpha value is -2.33. The summed E-state index contributed by atoms with van der Waals surface area (Å²) in [6.45, 7) is 3.18. The average molecular weight is 362 g/mol. The van der Waals surface area contributed by atoms with Crippen LogP contribution in [0.2, 0.25) is 0 Å². The Bertz CT molecular complexity index is 871. The normalized spacial score (nSPS) is 21.3. The summed E-state index contributed by atoms with van der Waals surface area (Å²) in [5, 5.41) is 3.42. The molecule has 1 N–H and O–H groups in total. The van der Waals surface area contributed by atoms with Crippen molar-refractivity contribution in [3.05, 3.63) is 64.2 Å². The van der Waals surface area contributed by atoms with Crippen LogP contribution in [0.15, 0.2) is 36.4 Å². The molecule has 1 saturated heterocycles. The van der Waals surface area contributed by atoms with E-state index in [-0.39, 0.29) is 5.91 Å². The molecule has 1 atom stereocenters. The minimum absolute atomic E-state index is 0.154. The van der Waals surface area contributed by atoms with E-state index >= 15 is 0 Å². The van der Waals surface area contributed by atoms with Gasteiger partial charge >= 0.3 is 0 Å². The zero-order valence-electron chi connectivity index (χ0n) is 15.7. The van der Waals surface area contributed by atoms with Gasteiger partial charge in [0.2, 0.25) is 0 Å². The van der Waals surface area contributed by atoms with E-state index in [2.05, 4.69) is 23.5 Å². The molecule has 2 aromatic carbocycles. The Kier molecular flexibility index (Phi) is 4.36. The summed E-state index contributed by atoms with van der Waals surface area (Å²) < 4.78 is 6.18. The second kappa shape index (κ2) is 7.01. The Morgan fingerprint density at radius 1 is 1.11 bits per heavy atom. The topological polar surface area (TPSA) is 41.6 Å². The lowest BCUT2D eigenvalue weighted by molar-refractivity contribution is 0.0674. The predicted molar refractivity (Wildman–Crippen MR) is 105 cm³/mol. The van der Waals surface area contributed by atoms with Crippen LogP contribution in [0, 0.1) is 0 Å². The summed E-state index contributed by atoms with van der Waals surface area (Å²) in [4.78, 5) is 14.9. The van der Waals surface area contributed by atoms with Crippen LogP contribution in [0.4, 0.5) is 0 Å². The predicted octanol–water partition coefficient (Wildman–Crippen LogP) is 3.46. The molecule has 0 radical (unpaired) electrons.